The Bertz CT molecular complexity index is 471. The number of rotatable bonds is 6. The lowest BCUT2D eigenvalue weighted by atomic mass is 9.82. The number of carbonyl (C=O) groups is 1. The Morgan fingerprint density at radius 3 is 2.40 bits per heavy atom. The molecule has 0 aliphatic heterocycles. The summed E-state index contributed by atoms with van der Waals surface area (Å²) >= 11 is 0. The van der Waals surface area contributed by atoms with Gasteiger partial charge in [-0.2, -0.15) is 13.2 Å². The lowest BCUT2D eigenvalue weighted by Crippen LogP contribution is -2.37. The Balaban J connectivity index is 2.87. The van der Waals surface area contributed by atoms with E-state index in [1.54, 1.807) is 13.8 Å². The Hall–Kier alpha value is -1.79. The lowest BCUT2D eigenvalue weighted by Gasteiger charge is -2.27. The number of carboxylic acids is 1. The van der Waals surface area contributed by atoms with E-state index in [4.69, 9.17) is 0 Å². The molecule has 0 aromatic carbocycles. The van der Waals surface area contributed by atoms with Crippen LogP contribution in [0.25, 0.3) is 0 Å². The van der Waals surface area contributed by atoms with Gasteiger partial charge in [0.25, 0.3) is 0 Å². The summed E-state index contributed by atoms with van der Waals surface area (Å²) < 4.78 is 37.7. The van der Waals surface area contributed by atoms with Crippen LogP contribution in [0.1, 0.15) is 32.3 Å². The van der Waals surface area contributed by atoms with Crippen LogP contribution in [0, 0.1) is 5.41 Å². The molecule has 1 heterocycles. The van der Waals surface area contributed by atoms with Gasteiger partial charge in [-0.15, -0.1) is 0 Å². The highest BCUT2D eigenvalue weighted by Gasteiger charge is 2.35. The highest BCUT2D eigenvalue weighted by molar-refractivity contribution is 5.75. The third-order valence-electron chi connectivity index (χ3n) is 3.50. The summed E-state index contributed by atoms with van der Waals surface area (Å²) in [6.07, 6.45) is -2.64. The van der Waals surface area contributed by atoms with Gasteiger partial charge >= 0.3 is 12.1 Å². The zero-order valence-electron chi connectivity index (χ0n) is 11.3. The summed E-state index contributed by atoms with van der Waals surface area (Å²) in [7, 11) is 0. The monoisotopic (exact) mass is 290 g/mol. The van der Waals surface area contributed by atoms with Crippen molar-refractivity contribution in [1.29, 1.82) is 0 Å². The van der Waals surface area contributed by atoms with Gasteiger partial charge in [0.15, 0.2) is 0 Å². The van der Waals surface area contributed by atoms with E-state index in [1.807, 2.05) is 0 Å². The minimum absolute atomic E-state index is 0.0207. The molecule has 7 heteroatoms. The zero-order valence-corrected chi connectivity index (χ0v) is 11.3. The van der Waals surface area contributed by atoms with E-state index in [0.29, 0.717) is 12.8 Å². The number of anilines is 1. The average molecular weight is 290 g/mol. The van der Waals surface area contributed by atoms with Gasteiger partial charge in [0.2, 0.25) is 0 Å². The van der Waals surface area contributed by atoms with Crippen LogP contribution in [0.3, 0.4) is 0 Å². The zero-order chi connectivity index (χ0) is 15.4. The van der Waals surface area contributed by atoms with E-state index >= 15 is 0 Å². The summed E-state index contributed by atoms with van der Waals surface area (Å²) in [6, 6.07) is 1.74. The lowest BCUT2D eigenvalue weighted by molar-refractivity contribution is -0.148. The van der Waals surface area contributed by atoms with Crippen molar-refractivity contribution in [1.82, 2.24) is 4.98 Å². The molecule has 112 valence electrons. The molecule has 0 radical (unpaired) electrons. The van der Waals surface area contributed by atoms with E-state index < -0.39 is 23.1 Å². The number of hydrogen-bond acceptors (Lipinski definition) is 3. The van der Waals surface area contributed by atoms with E-state index in [9.17, 15) is 23.1 Å². The quantitative estimate of drug-likeness (QED) is 0.843. The minimum atomic E-state index is -4.45. The van der Waals surface area contributed by atoms with Crippen LogP contribution in [-0.2, 0) is 11.0 Å². The molecule has 0 saturated heterocycles. The molecule has 20 heavy (non-hydrogen) atoms. The first kappa shape index (κ1) is 16.3. The first-order valence-electron chi connectivity index (χ1n) is 6.25. The van der Waals surface area contributed by atoms with Crippen LogP contribution in [0.2, 0.25) is 0 Å². The van der Waals surface area contributed by atoms with Gasteiger partial charge in [0.05, 0.1) is 11.0 Å². The first-order valence-corrected chi connectivity index (χ1v) is 6.25. The smallest absolute Gasteiger partial charge is 0.416 e. The summed E-state index contributed by atoms with van der Waals surface area (Å²) in [5.41, 5.74) is -1.82. The molecular weight excluding hydrogens is 273 g/mol. The number of nitrogens with zero attached hydrogens (tertiary/aromatic N) is 1. The SMILES string of the molecule is CCC(CC)(CNc1cc(C(F)(F)F)ccn1)C(=O)O. The topological polar surface area (TPSA) is 62.2 Å². The highest BCUT2D eigenvalue weighted by atomic mass is 19.4. The van der Waals surface area contributed by atoms with Crippen molar-refractivity contribution in [2.24, 2.45) is 5.41 Å². The number of alkyl halides is 3. The van der Waals surface area contributed by atoms with Crippen molar-refractivity contribution in [2.75, 3.05) is 11.9 Å². The van der Waals surface area contributed by atoms with Crippen molar-refractivity contribution < 1.29 is 23.1 Å². The molecule has 0 aliphatic rings. The molecule has 0 aliphatic carbocycles. The van der Waals surface area contributed by atoms with Crippen LogP contribution in [0.5, 0.6) is 0 Å². The molecule has 2 N–H and O–H groups in total. The average Bonchev–Trinajstić information content (AvgIpc) is 2.39. The molecule has 1 aromatic rings. The molecule has 0 amide bonds. The molecule has 4 nitrogen and oxygen atoms in total. The fourth-order valence-electron chi connectivity index (χ4n) is 1.84. The van der Waals surface area contributed by atoms with Gasteiger partial charge in [0.1, 0.15) is 5.82 Å². The van der Waals surface area contributed by atoms with Gasteiger partial charge in [-0.3, -0.25) is 4.79 Å². The Labute approximate surface area is 115 Å². The largest absolute Gasteiger partial charge is 0.481 e. The van der Waals surface area contributed by atoms with Crippen LogP contribution in [0.15, 0.2) is 18.3 Å². The maximum Gasteiger partial charge on any atom is 0.416 e. The third-order valence-corrected chi connectivity index (χ3v) is 3.50. The molecule has 1 rings (SSSR count). The van der Waals surface area contributed by atoms with Crippen LogP contribution in [-0.4, -0.2) is 22.6 Å². The fourth-order valence-corrected chi connectivity index (χ4v) is 1.84. The van der Waals surface area contributed by atoms with Crippen LogP contribution < -0.4 is 5.32 Å². The summed E-state index contributed by atoms with van der Waals surface area (Å²) in [4.78, 5) is 15.1. The minimum Gasteiger partial charge on any atom is -0.481 e. The van der Waals surface area contributed by atoms with E-state index in [-0.39, 0.29) is 12.4 Å². The van der Waals surface area contributed by atoms with Gasteiger partial charge in [-0.05, 0) is 25.0 Å². The molecule has 0 spiro atoms. The highest BCUT2D eigenvalue weighted by Crippen LogP contribution is 2.31. The molecule has 1 aromatic heterocycles. The number of aliphatic carboxylic acids is 1. The Morgan fingerprint density at radius 1 is 1.35 bits per heavy atom. The molecule has 0 unspecified atom stereocenters. The molecule has 0 atom stereocenters. The fraction of sp³-hybridized carbons (Fsp3) is 0.538. The first-order chi connectivity index (χ1) is 9.25. The second-order valence-electron chi connectivity index (χ2n) is 4.57. The Morgan fingerprint density at radius 2 is 1.95 bits per heavy atom. The van der Waals surface area contributed by atoms with Crippen molar-refractivity contribution in [2.45, 2.75) is 32.9 Å². The number of hydrogen-bond donors (Lipinski definition) is 2. The van der Waals surface area contributed by atoms with Gasteiger partial charge in [0, 0.05) is 12.7 Å². The maximum absolute atomic E-state index is 12.6. The number of nitrogens with one attached hydrogen (secondary N) is 1. The molecule has 0 saturated carbocycles. The maximum atomic E-state index is 12.6. The molecule has 0 fully saturated rings. The second kappa shape index (κ2) is 6.11. The summed E-state index contributed by atoms with van der Waals surface area (Å²) in [5.74, 6) is -0.950. The van der Waals surface area contributed by atoms with Crippen LogP contribution >= 0.6 is 0 Å². The van der Waals surface area contributed by atoms with Gasteiger partial charge < -0.3 is 10.4 Å². The summed E-state index contributed by atoms with van der Waals surface area (Å²) in [6.45, 7) is 3.50. The van der Waals surface area contributed by atoms with Crippen molar-refractivity contribution in [3.8, 4) is 0 Å². The second-order valence-corrected chi connectivity index (χ2v) is 4.57. The standard InChI is InChI=1S/C13H17F3N2O2/c1-3-12(4-2,11(19)20)8-18-10-7-9(5-6-17-10)13(14,15)16/h5-7H,3-4,8H2,1-2H3,(H,17,18)(H,19,20). The van der Waals surface area contributed by atoms with E-state index in [2.05, 4.69) is 10.3 Å². The van der Waals surface area contributed by atoms with Gasteiger partial charge in [-0.1, -0.05) is 13.8 Å². The predicted molar refractivity (Wildman–Crippen MR) is 68.4 cm³/mol. The van der Waals surface area contributed by atoms with Crippen molar-refractivity contribution in [3.05, 3.63) is 23.9 Å². The number of aromatic nitrogens is 1. The normalized spacial score (nSPS) is 12.2. The Kier molecular flexibility index (Phi) is 4.97. The molecular formula is C13H17F3N2O2. The summed E-state index contributed by atoms with van der Waals surface area (Å²) in [5, 5.41) is 11.9. The van der Waals surface area contributed by atoms with Crippen molar-refractivity contribution >= 4 is 11.8 Å². The van der Waals surface area contributed by atoms with E-state index in [0.717, 1.165) is 18.3 Å². The predicted octanol–water partition coefficient (Wildman–Crippen LogP) is 3.40. The third kappa shape index (κ3) is 3.61. The molecule has 0 bridgehead atoms. The number of halogens is 3. The number of pyridine rings is 1. The van der Waals surface area contributed by atoms with Gasteiger partial charge in [-0.25, -0.2) is 4.98 Å². The van der Waals surface area contributed by atoms with Crippen molar-refractivity contribution in [3.63, 3.8) is 0 Å². The van der Waals surface area contributed by atoms with Crippen LogP contribution in [0.4, 0.5) is 19.0 Å². The van der Waals surface area contributed by atoms with E-state index in [1.165, 1.54) is 0 Å². The number of carboxylic acid groups (broad SMARTS) is 1.